The van der Waals surface area contributed by atoms with Crippen LogP contribution in [0, 0.1) is 0 Å². The molecule has 5 rings (SSSR count). The molecular weight excluding hydrogens is 432 g/mol. The number of sulfone groups is 1. The highest BCUT2D eigenvalue weighted by atomic mass is 32.2. The third kappa shape index (κ3) is 4.50. The first kappa shape index (κ1) is 22.0. The van der Waals surface area contributed by atoms with E-state index in [-0.39, 0.29) is 5.75 Å². The second kappa shape index (κ2) is 9.20. The highest BCUT2D eigenvalue weighted by Crippen LogP contribution is 2.40. The number of fused-ring (bicyclic) bond motifs is 2. The van der Waals surface area contributed by atoms with Crippen molar-refractivity contribution in [3.8, 4) is 5.75 Å². The van der Waals surface area contributed by atoms with E-state index in [0.717, 1.165) is 55.2 Å². The van der Waals surface area contributed by atoms with Crippen LogP contribution in [0.4, 0.5) is 11.4 Å². The monoisotopic (exact) mass is 462 g/mol. The Labute approximate surface area is 196 Å². The Balaban J connectivity index is 1.40. The quantitative estimate of drug-likeness (QED) is 0.525. The maximum absolute atomic E-state index is 13.2. The van der Waals surface area contributed by atoms with Crippen LogP contribution in [0.15, 0.2) is 77.7 Å². The van der Waals surface area contributed by atoms with Gasteiger partial charge < -0.3 is 9.64 Å². The van der Waals surface area contributed by atoms with Crippen molar-refractivity contribution in [2.75, 3.05) is 31.6 Å². The van der Waals surface area contributed by atoms with E-state index in [1.54, 1.807) is 13.2 Å². The fourth-order valence-corrected chi connectivity index (χ4v) is 6.71. The number of anilines is 2. The van der Waals surface area contributed by atoms with Crippen LogP contribution in [0.3, 0.4) is 0 Å². The normalized spacial score (nSPS) is 19.5. The van der Waals surface area contributed by atoms with Gasteiger partial charge in [0.1, 0.15) is 5.75 Å². The average Bonchev–Trinajstić information content (AvgIpc) is 3.25. The van der Waals surface area contributed by atoms with Crippen molar-refractivity contribution in [2.24, 2.45) is 0 Å². The van der Waals surface area contributed by atoms with Crippen molar-refractivity contribution in [1.82, 2.24) is 4.90 Å². The molecule has 33 heavy (non-hydrogen) atoms. The second-order valence-corrected chi connectivity index (χ2v) is 10.9. The van der Waals surface area contributed by atoms with Crippen molar-refractivity contribution in [3.05, 3.63) is 83.9 Å². The topological polar surface area (TPSA) is 49.9 Å². The molecule has 0 bridgehead atoms. The Hall–Kier alpha value is -2.83. The Morgan fingerprint density at radius 2 is 1.67 bits per heavy atom. The summed E-state index contributed by atoms with van der Waals surface area (Å²) >= 11 is 0. The summed E-state index contributed by atoms with van der Waals surface area (Å²) in [5, 5.41) is 0. The summed E-state index contributed by atoms with van der Waals surface area (Å²) < 4.78 is 31.6. The predicted octanol–water partition coefficient (Wildman–Crippen LogP) is 4.83. The molecule has 3 aromatic carbocycles. The van der Waals surface area contributed by atoms with Gasteiger partial charge in [0.2, 0.25) is 0 Å². The molecule has 1 atom stereocenters. The molecule has 5 nitrogen and oxygen atoms in total. The van der Waals surface area contributed by atoms with Crippen molar-refractivity contribution < 1.29 is 13.2 Å². The minimum absolute atomic E-state index is 0.0442. The molecule has 0 unspecified atom stereocenters. The molecule has 3 aromatic rings. The molecule has 0 aliphatic carbocycles. The number of hydrogen-bond donors (Lipinski definition) is 0. The highest BCUT2D eigenvalue weighted by Gasteiger charge is 2.33. The lowest BCUT2D eigenvalue weighted by molar-refractivity contribution is 0.261. The Kier molecular flexibility index (Phi) is 6.13. The lowest BCUT2D eigenvalue weighted by Crippen LogP contribution is -2.40. The molecule has 2 aliphatic rings. The summed E-state index contributed by atoms with van der Waals surface area (Å²) in [6.07, 6.45) is 3.28. The number of likely N-dealkylation sites (tertiary alicyclic amines) is 1. The number of hydrogen-bond acceptors (Lipinski definition) is 5. The molecule has 2 heterocycles. The fourth-order valence-electron chi connectivity index (χ4n) is 5.12. The van der Waals surface area contributed by atoms with Gasteiger partial charge in [-0.15, -0.1) is 0 Å². The van der Waals surface area contributed by atoms with Gasteiger partial charge >= 0.3 is 0 Å². The SMILES string of the molecule is COc1ccc(CCN2CCC[C@H]2CN2c3ccccc3CS(=O)(=O)c3ccccc32)cc1. The van der Waals surface area contributed by atoms with Gasteiger partial charge in [-0.2, -0.15) is 0 Å². The first-order valence-corrected chi connectivity index (χ1v) is 13.2. The number of benzene rings is 3. The van der Waals surface area contributed by atoms with Crippen molar-refractivity contribution in [1.29, 1.82) is 0 Å². The zero-order valence-corrected chi connectivity index (χ0v) is 19.8. The van der Waals surface area contributed by atoms with Crippen molar-refractivity contribution in [3.63, 3.8) is 0 Å². The molecule has 1 fully saturated rings. The maximum Gasteiger partial charge on any atom is 0.184 e. The van der Waals surface area contributed by atoms with Gasteiger partial charge in [-0.1, -0.05) is 42.5 Å². The summed E-state index contributed by atoms with van der Waals surface area (Å²) in [5.41, 5.74) is 3.98. The first-order valence-electron chi connectivity index (χ1n) is 11.6. The molecular formula is C27H30N2O3S. The molecule has 172 valence electrons. The van der Waals surface area contributed by atoms with E-state index >= 15 is 0 Å². The molecule has 0 spiro atoms. The van der Waals surface area contributed by atoms with Crippen LogP contribution in [0.1, 0.15) is 24.0 Å². The summed E-state index contributed by atoms with van der Waals surface area (Å²) in [6, 6.07) is 24.1. The van der Waals surface area contributed by atoms with E-state index in [9.17, 15) is 8.42 Å². The minimum atomic E-state index is -3.39. The molecule has 1 saturated heterocycles. The molecule has 0 radical (unpaired) electrons. The lowest BCUT2D eigenvalue weighted by atomic mass is 10.1. The van der Waals surface area contributed by atoms with Gasteiger partial charge in [0, 0.05) is 24.8 Å². The third-order valence-electron chi connectivity index (χ3n) is 6.86. The zero-order chi connectivity index (χ0) is 22.8. The summed E-state index contributed by atoms with van der Waals surface area (Å²) in [6.45, 7) is 2.86. The number of nitrogens with zero attached hydrogens (tertiary/aromatic N) is 2. The van der Waals surface area contributed by atoms with Gasteiger partial charge in [-0.25, -0.2) is 8.42 Å². The number of para-hydroxylation sites is 2. The second-order valence-electron chi connectivity index (χ2n) is 8.90. The standard InChI is InChI=1S/C27H30N2O3S/c1-32-24-14-12-21(13-15-24)16-18-28-17-6-8-23(28)19-29-25-9-3-2-7-22(25)20-33(30,31)27-11-5-4-10-26(27)29/h2-5,7,9-15,23H,6,8,16-20H2,1H3/t23-/m0/s1. The fraction of sp³-hybridized carbons (Fsp3) is 0.333. The van der Waals surface area contributed by atoms with Crippen LogP contribution in [-0.4, -0.2) is 46.1 Å². The van der Waals surface area contributed by atoms with Crippen molar-refractivity contribution >= 4 is 21.2 Å². The van der Waals surface area contributed by atoms with E-state index in [2.05, 4.69) is 28.0 Å². The Bertz CT molecular complexity index is 1220. The molecule has 0 amide bonds. The molecule has 6 heteroatoms. The lowest BCUT2D eigenvalue weighted by Gasteiger charge is -2.33. The van der Waals surface area contributed by atoms with E-state index in [1.165, 1.54) is 12.0 Å². The number of rotatable bonds is 6. The molecule has 0 aromatic heterocycles. The highest BCUT2D eigenvalue weighted by molar-refractivity contribution is 7.90. The van der Waals surface area contributed by atoms with Gasteiger partial charge in [-0.05, 0) is 67.3 Å². The summed E-state index contributed by atoms with van der Waals surface area (Å²) in [7, 11) is -1.70. The van der Waals surface area contributed by atoms with Gasteiger partial charge in [-0.3, -0.25) is 4.90 Å². The van der Waals surface area contributed by atoms with Crippen LogP contribution in [-0.2, 0) is 22.0 Å². The Morgan fingerprint density at radius 1 is 0.939 bits per heavy atom. The largest absolute Gasteiger partial charge is 0.497 e. The Morgan fingerprint density at radius 3 is 2.45 bits per heavy atom. The minimum Gasteiger partial charge on any atom is -0.497 e. The van der Waals surface area contributed by atoms with E-state index in [1.807, 2.05) is 48.5 Å². The first-order chi connectivity index (χ1) is 16.0. The molecule has 0 saturated carbocycles. The zero-order valence-electron chi connectivity index (χ0n) is 19.0. The van der Waals surface area contributed by atoms with Crippen molar-refractivity contribution in [2.45, 2.75) is 36.0 Å². The maximum atomic E-state index is 13.2. The van der Waals surface area contributed by atoms with Gasteiger partial charge in [0.15, 0.2) is 9.84 Å². The molecule has 2 aliphatic heterocycles. The predicted molar refractivity (Wildman–Crippen MR) is 132 cm³/mol. The van der Waals surface area contributed by atoms with Crippen LogP contribution < -0.4 is 9.64 Å². The third-order valence-corrected chi connectivity index (χ3v) is 8.56. The van der Waals surface area contributed by atoms with E-state index in [4.69, 9.17) is 4.74 Å². The molecule has 0 N–H and O–H groups in total. The van der Waals surface area contributed by atoms with Crippen LogP contribution in [0.2, 0.25) is 0 Å². The van der Waals surface area contributed by atoms with Gasteiger partial charge in [0.25, 0.3) is 0 Å². The van der Waals surface area contributed by atoms with E-state index in [0.29, 0.717) is 10.9 Å². The number of ether oxygens (including phenoxy) is 1. The summed E-state index contributed by atoms with van der Waals surface area (Å²) in [4.78, 5) is 5.24. The summed E-state index contributed by atoms with van der Waals surface area (Å²) in [5.74, 6) is 0.925. The van der Waals surface area contributed by atoms with Crippen LogP contribution in [0.25, 0.3) is 0 Å². The van der Waals surface area contributed by atoms with Crippen LogP contribution in [0.5, 0.6) is 5.75 Å². The van der Waals surface area contributed by atoms with Crippen LogP contribution >= 0.6 is 0 Å². The van der Waals surface area contributed by atoms with Gasteiger partial charge in [0.05, 0.1) is 23.4 Å². The smallest absolute Gasteiger partial charge is 0.184 e. The van der Waals surface area contributed by atoms with E-state index < -0.39 is 9.84 Å². The average molecular weight is 463 g/mol. The number of methoxy groups -OCH3 is 1.